The molecule has 3 heteroatoms. The maximum absolute atomic E-state index is 2.50. The monoisotopic (exact) mass is 672 g/mol. The van der Waals surface area contributed by atoms with E-state index in [1.165, 1.54) is 53.5 Å². The minimum Gasteiger partial charge on any atom is -0.334 e. The smallest absolute Gasteiger partial charge is 0.0566 e. The molecule has 9 rings (SSSR count). The molecular weight excluding hydrogens is 637 g/mol. The van der Waals surface area contributed by atoms with Crippen molar-refractivity contribution in [3.05, 3.63) is 198 Å². The SMILES string of the molecule is C1=c2sc3ccc(N(c4ccccc4)c4ccc(-c5ccccc5)cc4)cc3c2=CC(N(c2ccccc2)c2ccc(-c3ccccc3)cc2)C1. The van der Waals surface area contributed by atoms with Gasteiger partial charge >= 0.3 is 0 Å². The molecule has 0 N–H and O–H groups in total. The van der Waals surface area contributed by atoms with Crippen LogP contribution in [0.25, 0.3) is 44.5 Å². The highest BCUT2D eigenvalue weighted by atomic mass is 32.1. The molecule has 0 fully saturated rings. The van der Waals surface area contributed by atoms with E-state index in [0.29, 0.717) is 0 Å². The number of para-hydroxylation sites is 2. The maximum Gasteiger partial charge on any atom is 0.0566 e. The van der Waals surface area contributed by atoms with Crippen LogP contribution < -0.4 is 19.6 Å². The van der Waals surface area contributed by atoms with Gasteiger partial charge in [0.1, 0.15) is 0 Å². The third-order valence-electron chi connectivity index (χ3n) is 9.77. The second-order valence-electron chi connectivity index (χ2n) is 12.9. The van der Waals surface area contributed by atoms with Crippen LogP contribution in [0.2, 0.25) is 0 Å². The summed E-state index contributed by atoms with van der Waals surface area (Å²) in [6, 6.07) is 67.7. The maximum atomic E-state index is 2.50. The molecule has 0 radical (unpaired) electrons. The number of fused-ring (bicyclic) bond motifs is 3. The third-order valence-corrected chi connectivity index (χ3v) is 10.9. The molecule has 0 spiro atoms. The lowest BCUT2D eigenvalue weighted by Gasteiger charge is -2.32. The third kappa shape index (κ3) is 6.14. The van der Waals surface area contributed by atoms with Gasteiger partial charge in [-0.15, -0.1) is 11.3 Å². The number of nitrogens with zero attached hydrogens (tertiary/aromatic N) is 2. The van der Waals surface area contributed by atoms with Gasteiger partial charge in [0, 0.05) is 43.1 Å². The quantitative estimate of drug-likeness (QED) is 0.159. The topological polar surface area (TPSA) is 6.48 Å². The lowest BCUT2D eigenvalue weighted by molar-refractivity contribution is 0.840. The van der Waals surface area contributed by atoms with Gasteiger partial charge in [-0.2, -0.15) is 0 Å². The average molecular weight is 673 g/mol. The van der Waals surface area contributed by atoms with Crippen molar-refractivity contribution < 1.29 is 0 Å². The zero-order valence-electron chi connectivity index (χ0n) is 28.1. The summed E-state index contributed by atoms with van der Waals surface area (Å²) in [4.78, 5) is 4.86. The Balaban J connectivity index is 1.13. The first-order valence-electron chi connectivity index (χ1n) is 17.5. The lowest BCUT2D eigenvalue weighted by atomic mass is 10.0. The van der Waals surface area contributed by atoms with Crippen LogP contribution in [0.5, 0.6) is 0 Å². The van der Waals surface area contributed by atoms with Crippen LogP contribution in [-0.4, -0.2) is 6.04 Å². The van der Waals surface area contributed by atoms with Crippen LogP contribution in [0, 0.1) is 0 Å². The average Bonchev–Trinajstić information content (AvgIpc) is 3.58. The molecule has 7 aromatic carbocycles. The normalized spacial score (nSPS) is 13.5. The molecule has 1 aliphatic carbocycles. The fourth-order valence-corrected chi connectivity index (χ4v) is 8.40. The second-order valence-corrected chi connectivity index (χ2v) is 14.0. The van der Waals surface area contributed by atoms with E-state index in [-0.39, 0.29) is 6.04 Å². The number of thiophene rings is 1. The van der Waals surface area contributed by atoms with E-state index in [1.54, 1.807) is 0 Å². The molecule has 1 aromatic heterocycles. The molecule has 51 heavy (non-hydrogen) atoms. The van der Waals surface area contributed by atoms with E-state index >= 15 is 0 Å². The highest BCUT2D eigenvalue weighted by Crippen LogP contribution is 2.38. The van der Waals surface area contributed by atoms with Crippen molar-refractivity contribution in [1.29, 1.82) is 0 Å². The van der Waals surface area contributed by atoms with E-state index < -0.39 is 0 Å². The molecule has 1 atom stereocenters. The number of rotatable bonds is 8. The van der Waals surface area contributed by atoms with Gasteiger partial charge < -0.3 is 9.80 Å². The van der Waals surface area contributed by atoms with Gasteiger partial charge in [-0.05, 0) is 101 Å². The number of anilines is 5. The molecule has 0 bridgehead atoms. The Morgan fingerprint density at radius 3 is 1.47 bits per heavy atom. The van der Waals surface area contributed by atoms with E-state index in [2.05, 4.69) is 210 Å². The summed E-state index contributed by atoms with van der Waals surface area (Å²) in [6.07, 6.45) is 5.87. The molecule has 1 aliphatic rings. The van der Waals surface area contributed by atoms with Gasteiger partial charge in [0.15, 0.2) is 0 Å². The highest BCUT2D eigenvalue weighted by molar-refractivity contribution is 7.17. The van der Waals surface area contributed by atoms with E-state index in [1.807, 2.05) is 11.3 Å². The molecular formula is C48H36N2S. The summed E-state index contributed by atoms with van der Waals surface area (Å²) in [5.41, 5.74) is 10.7. The summed E-state index contributed by atoms with van der Waals surface area (Å²) >= 11 is 1.89. The lowest BCUT2D eigenvalue weighted by Crippen LogP contribution is -2.36. The first-order chi connectivity index (χ1) is 25.3. The number of hydrogen-bond acceptors (Lipinski definition) is 3. The van der Waals surface area contributed by atoms with Crippen LogP contribution in [0.15, 0.2) is 188 Å². The minimum absolute atomic E-state index is 0.166. The van der Waals surface area contributed by atoms with Crippen LogP contribution >= 0.6 is 11.3 Å². The van der Waals surface area contributed by atoms with Crippen LogP contribution in [0.3, 0.4) is 0 Å². The molecule has 8 aromatic rings. The summed E-state index contributed by atoms with van der Waals surface area (Å²) in [5.74, 6) is 0. The first-order valence-corrected chi connectivity index (χ1v) is 18.4. The summed E-state index contributed by atoms with van der Waals surface area (Å²) in [5, 5.41) is 2.62. The molecule has 0 aliphatic heterocycles. The van der Waals surface area contributed by atoms with Gasteiger partial charge in [-0.3, -0.25) is 0 Å². The molecule has 1 unspecified atom stereocenters. The molecule has 1 heterocycles. The summed E-state index contributed by atoms with van der Waals surface area (Å²) in [6.45, 7) is 0. The Bertz CT molecular complexity index is 2530. The Morgan fingerprint density at radius 2 is 0.882 bits per heavy atom. The zero-order chi connectivity index (χ0) is 34.0. The van der Waals surface area contributed by atoms with Crippen molar-refractivity contribution >= 4 is 62.0 Å². The van der Waals surface area contributed by atoms with Gasteiger partial charge in [0.2, 0.25) is 0 Å². The van der Waals surface area contributed by atoms with Crippen molar-refractivity contribution in [2.24, 2.45) is 0 Å². The van der Waals surface area contributed by atoms with E-state index in [0.717, 1.165) is 23.5 Å². The minimum atomic E-state index is 0.166. The Hall–Kier alpha value is -6.16. The standard InChI is InChI=1S/C48H36N2S/c1-5-13-35(14-6-1)37-21-25-41(26-22-37)49(39-17-9-3-10-18-39)43-29-31-47-45(33-43)46-34-44(30-32-48(46)51-47)50(40-19-11-4-12-20-40)42-27-23-38(24-28-42)36-15-7-2-8-16-36/h1-29,31-34,44H,30H2. The molecule has 0 saturated heterocycles. The largest absolute Gasteiger partial charge is 0.334 e. The second kappa shape index (κ2) is 13.6. The fraction of sp³-hybridized carbons (Fsp3) is 0.0417. The molecule has 0 amide bonds. The first kappa shape index (κ1) is 30.9. The molecule has 2 nitrogen and oxygen atoms in total. The zero-order valence-corrected chi connectivity index (χ0v) is 29.0. The Kier molecular flexibility index (Phi) is 8.25. The van der Waals surface area contributed by atoms with Crippen LogP contribution in [0.4, 0.5) is 28.4 Å². The van der Waals surface area contributed by atoms with E-state index in [4.69, 9.17) is 0 Å². The van der Waals surface area contributed by atoms with Crippen LogP contribution in [-0.2, 0) is 0 Å². The van der Waals surface area contributed by atoms with E-state index in [9.17, 15) is 0 Å². The highest BCUT2D eigenvalue weighted by Gasteiger charge is 2.22. The van der Waals surface area contributed by atoms with Crippen molar-refractivity contribution in [2.45, 2.75) is 12.5 Å². The molecule has 244 valence electrons. The molecule has 0 saturated carbocycles. The van der Waals surface area contributed by atoms with Crippen molar-refractivity contribution in [3.8, 4) is 22.3 Å². The van der Waals surface area contributed by atoms with Gasteiger partial charge in [-0.1, -0.05) is 133 Å². The summed E-state index contributed by atoms with van der Waals surface area (Å²) < 4.78 is 2.66. The fourth-order valence-electron chi connectivity index (χ4n) is 7.28. The van der Waals surface area contributed by atoms with Gasteiger partial charge in [0.05, 0.1) is 6.04 Å². The Labute approximate surface area is 303 Å². The van der Waals surface area contributed by atoms with Crippen molar-refractivity contribution in [2.75, 3.05) is 9.80 Å². The van der Waals surface area contributed by atoms with Gasteiger partial charge in [-0.25, -0.2) is 0 Å². The van der Waals surface area contributed by atoms with Gasteiger partial charge in [0.25, 0.3) is 0 Å². The number of hydrogen-bond donors (Lipinski definition) is 0. The number of benzene rings is 7. The predicted molar refractivity (Wildman–Crippen MR) is 219 cm³/mol. The van der Waals surface area contributed by atoms with Crippen molar-refractivity contribution in [3.63, 3.8) is 0 Å². The summed E-state index contributed by atoms with van der Waals surface area (Å²) in [7, 11) is 0. The van der Waals surface area contributed by atoms with Crippen molar-refractivity contribution in [1.82, 2.24) is 0 Å². The van der Waals surface area contributed by atoms with Crippen LogP contribution in [0.1, 0.15) is 6.42 Å². The predicted octanol–water partition coefficient (Wildman–Crippen LogP) is 11.9. The Morgan fingerprint density at radius 1 is 0.431 bits per heavy atom.